The van der Waals surface area contributed by atoms with Gasteiger partial charge in [0, 0.05) is 10.8 Å². The van der Waals surface area contributed by atoms with Gasteiger partial charge < -0.3 is 9.47 Å². The second kappa shape index (κ2) is 3.48. The van der Waals surface area contributed by atoms with Gasteiger partial charge in [0.1, 0.15) is 13.2 Å². The van der Waals surface area contributed by atoms with Crippen LogP contribution in [0, 0.1) is 0 Å². The maximum absolute atomic E-state index is 5.25. The Kier molecular flexibility index (Phi) is 2.85. The van der Waals surface area contributed by atoms with Crippen molar-refractivity contribution >= 4 is 35.2 Å². The Labute approximate surface area is 80.1 Å². The third-order valence-electron chi connectivity index (χ3n) is 1.19. The molecule has 0 amide bonds. The molecular weight excluding hydrogens is 255 g/mol. The molecule has 54 valence electrons. The second-order valence-electron chi connectivity index (χ2n) is 1.80. The number of fused-ring (bicyclic) bond motifs is 1. The first-order valence-corrected chi connectivity index (χ1v) is 3.73. The molecule has 2 radical (unpaired) electrons. The van der Waals surface area contributed by atoms with E-state index in [9.17, 15) is 0 Å². The Morgan fingerprint density at radius 2 is 1.60 bits per heavy atom. The van der Waals surface area contributed by atoms with Crippen molar-refractivity contribution in [2.45, 2.75) is 0 Å². The van der Waals surface area contributed by atoms with Crippen molar-refractivity contribution in [3.8, 4) is 11.5 Å². The van der Waals surface area contributed by atoms with Crippen LogP contribution in [0.25, 0.3) is 0 Å². The van der Waals surface area contributed by atoms with Gasteiger partial charge in [0.2, 0.25) is 0 Å². The summed E-state index contributed by atoms with van der Waals surface area (Å²) in [4.78, 5) is 0. The molecule has 0 fully saturated rings. The van der Waals surface area contributed by atoms with Crippen LogP contribution in [0.2, 0.25) is 0 Å². The van der Waals surface area contributed by atoms with Gasteiger partial charge in [-0.15, -0.1) is 11.3 Å². The van der Waals surface area contributed by atoms with Gasteiger partial charge in [0.05, 0.1) is 0 Å². The number of hydrogen-bond donors (Lipinski definition) is 0. The van der Waals surface area contributed by atoms with E-state index >= 15 is 0 Å². The Morgan fingerprint density at radius 1 is 1.10 bits per heavy atom. The predicted octanol–water partition coefficient (Wildman–Crippen LogP) is 0.603. The average Bonchev–Trinajstić information content (AvgIpc) is 2.33. The second-order valence-corrected chi connectivity index (χ2v) is 2.54. The van der Waals surface area contributed by atoms with Crippen LogP contribution >= 0.6 is 11.3 Å². The fourth-order valence-corrected chi connectivity index (χ4v) is 1.47. The van der Waals surface area contributed by atoms with Crippen molar-refractivity contribution in [2.24, 2.45) is 0 Å². The van der Waals surface area contributed by atoms with Crippen molar-refractivity contribution in [3.05, 3.63) is 10.8 Å². The SMILES string of the molecule is [SnH2].c1scc2c1OCCO2. The molecule has 2 rings (SSSR count). The monoisotopic (exact) mass is 264 g/mol. The molecule has 2 heterocycles. The zero-order chi connectivity index (χ0) is 6.10. The number of thiophene rings is 1. The van der Waals surface area contributed by atoms with E-state index in [1.54, 1.807) is 11.3 Å². The summed E-state index contributed by atoms with van der Waals surface area (Å²) in [6, 6.07) is 0. The zero-order valence-corrected chi connectivity index (χ0v) is 10.4. The summed E-state index contributed by atoms with van der Waals surface area (Å²) in [7, 11) is 0. The predicted molar refractivity (Wildman–Crippen MR) is 43.9 cm³/mol. The minimum absolute atomic E-state index is 0. The van der Waals surface area contributed by atoms with E-state index in [4.69, 9.17) is 9.47 Å². The summed E-state index contributed by atoms with van der Waals surface area (Å²) in [5.74, 6) is 1.79. The molecule has 0 saturated carbocycles. The minimum atomic E-state index is 0. The van der Waals surface area contributed by atoms with Crippen LogP contribution in [0.3, 0.4) is 0 Å². The molecular formula is C6H8O2SSn. The Balaban J connectivity index is 0.000000500. The number of rotatable bonds is 0. The third-order valence-corrected chi connectivity index (χ3v) is 1.89. The average molecular weight is 263 g/mol. The van der Waals surface area contributed by atoms with Gasteiger partial charge >= 0.3 is 23.9 Å². The van der Waals surface area contributed by atoms with Crippen molar-refractivity contribution < 1.29 is 9.47 Å². The normalized spacial score (nSPS) is 14.0. The largest absolute Gasteiger partial charge is 0.485 e. The van der Waals surface area contributed by atoms with Gasteiger partial charge in [0.25, 0.3) is 0 Å². The molecule has 1 aromatic heterocycles. The summed E-state index contributed by atoms with van der Waals surface area (Å²) in [5.41, 5.74) is 0. The van der Waals surface area contributed by atoms with Crippen LogP contribution in [0.1, 0.15) is 0 Å². The van der Waals surface area contributed by atoms with Crippen LogP contribution < -0.4 is 9.47 Å². The van der Waals surface area contributed by atoms with Crippen LogP contribution in [-0.2, 0) is 0 Å². The molecule has 1 aliphatic rings. The summed E-state index contributed by atoms with van der Waals surface area (Å²) >= 11 is 1.61. The molecule has 0 aromatic carbocycles. The van der Waals surface area contributed by atoms with E-state index in [0.717, 1.165) is 11.5 Å². The number of hydrogen-bond acceptors (Lipinski definition) is 3. The first-order valence-electron chi connectivity index (χ1n) is 2.78. The minimum Gasteiger partial charge on any atom is -0.485 e. The van der Waals surface area contributed by atoms with E-state index in [-0.39, 0.29) is 23.9 Å². The van der Waals surface area contributed by atoms with Crippen LogP contribution in [0.5, 0.6) is 11.5 Å². The van der Waals surface area contributed by atoms with Gasteiger partial charge in [-0.05, 0) is 0 Å². The Bertz CT molecular complexity index is 191. The molecule has 0 atom stereocenters. The van der Waals surface area contributed by atoms with E-state index < -0.39 is 0 Å². The fraction of sp³-hybridized carbons (Fsp3) is 0.333. The van der Waals surface area contributed by atoms with Crippen LogP contribution in [-0.4, -0.2) is 37.1 Å². The first-order chi connectivity index (χ1) is 4.47. The first kappa shape index (κ1) is 8.20. The van der Waals surface area contributed by atoms with Gasteiger partial charge in [-0.3, -0.25) is 0 Å². The summed E-state index contributed by atoms with van der Waals surface area (Å²) in [6.07, 6.45) is 0. The Hall–Kier alpha value is 0.0987. The summed E-state index contributed by atoms with van der Waals surface area (Å²) in [6.45, 7) is 1.37. The maximum Gasteiger partial charge on any atom is 0.172 e. The topological polar surface area (TPSA) is 18.5 Å². The molecule has 0 N–H and O–H groups in total. The van der Waals surface area contributed by atoms with Crippen LogP contribution in [0.4, 0.5) is 0 Å². The van der Waals surface area contributed by atoms with Gasteiger partial charge in [-0.2, -0.15) is 0 Å². The molecule has 0 spiro atoms. The Morgan fingerprint density at radius 3 is 2.10 bits per heavy atom. The summed E-state index contributed by atoms with van der Waals surface area (Å²) in [5, 5.41) is 3.91. The quantitative estimate of drug-likeness (QED) is 0.638. The fourth-order valence-electron chi connectivity index (χ4n) is 0.787. The standard InChI is InChI=1S/C6H6O2S.Sn.2H/c1-2-8-6-4-9-3-5(6)7-1;;;/h3-4H,1-2H2;;;. The van der Waals surface area contributed by atoms with Crippen LogP contribution in [0.15, 0.2) is 10.8 Å². The van der Waals surface area contributed by atoms with Crippen molar-refractivity contribution in [1.82, 2.24) is 0 Å². The van der Waals surface area contributed by atoms with Gasteiger partial charge in [-0.25, -0.2) is 0 Å². The van der Waals surface area contributed by atoms with Crippen molar-refractivity contribution in [3.63, 3.8) is 0 Å². The molecule has 1 aliphatic heterocycles. The zero-order valence-electron chi connectivity index (χ0n) is 5.50. The van der Waals surface area contributed by atoms with E-state index in [1.807, 2.05) is 10.8 Å². The molecule has 0 unspecified atom stereocenters. The van der Waals surface area contributed by atoms with E-state index in [0.29, 0.717) is 13.2 Å². The molecule has 0 saturated heterocycles. The molecule has 2 nitrogen and oxygen atoms in total. The van der Waals surface area contributed by atoms with Gasteiger partial charge in [0.15, 0.2) is 11.5 Å². The summed E-state index contributed by atoms with van der Waals surface area (Å²) < 4.78 is 10.5. The smallest absolute Gasteiger partial charge is 0.172 e. The molecule has 0 aliphatic carbocycles. The third kappa shape index (κ3) is 1.40. The molecule has 4 heteroatoms. The molecule has 0 bridgehead atoms. The van der Waals surface area contributed by atoms with E-state index in [2.05, 4.69) is 0 Å². The van der Waals surface area contributed by atoms with Crippen molar-refractivity contribution in [2.75, 3.05) is 13.2 Å². The van der Waals surface area contributed by atoms with E-state index in [1.165, 1.54) is 0 Å². The number of ether oxygens (including phenoxy) is 2. The van der Waals surface area contributed by atoms with Crippen molar-refractivity contribution in [1.29, 1.82) is 0 Å². The molecule has 1 aromatic rings. The molecule has 10 heavy (non-hydrogen) atoms. The van der Waals surface area contributed by atoms with Gasteiger partial charge in [-0.1, -0.05) is 0 Å². The maximum atomic E-state index is 5.25.